The van der Waals surface area contributed by atoms with Gasteiger partial charge in [0.1, 0.15) is 0 Å². The molecule has 0 radical (unpaired) electrons. The van der Waals surface area contributed by atoms with E-state index in [-0.39, 0.29) is 6.29 Å². The maximum atomic E-state index is 5.27. The summed E-state index contributed by atoms with van der Waals surface area (Å²) in [5, 5.41) is 0. The zero-order chi connectivity index (χ0) is 7.82. The zero-order valence-electron chi connectivity index (χ0n) is 6.50. The van der Waals surface area contributed by atoms with Crippen LogP contribution in [-0.2, 0) is 14.2 Å². The fourth-order valence-corrected chi connectivity index (χ4v) is 0.495. The first-order valence-corrected chi connectivity index (χ1v) is 3.18. The van der Waals surface area contributed by atoms with Gasteiger partial charge in [-0.1, -0.05) is 0 Å². The number of ether oxygens (including phenoxy) is 3. The molecule has 0 aromatic rings. The molecule has 0 aliphatic carbocycles. The van der Waals surface area contributed by atoms with Crippen molar-refractivity contribution < 1.29 is 14.2 Å². The predicted octanol–water partition coefficient (Wildman–Crippen LogP) is -0.419. The minimum Gasteiger partial charge on any atom is -0.382 e. The highest BCUT2D eigenvalue weighted by Gasteiger charge is 2.01. The first-order valence-electron chi connectivity index (χ1n) is 3.18. The van der Waals surface area contributed by atoms with Crippen molar-refractivity contribution in [2.75, 3.05) is 34.0 Å². The average Bonchev–Trinajstić information content (AvgIpc) is 1.99. The summed E-state index contributed by atoms with van der Waals surface area (Å²) in [5.74, 6) is 0. The molecule has 0 rings (SSSR count). The normalized spacial score (nSPS) is 13.5. The predicted molar refractivity (Wildman–Crippen MR) is 37.7 cm³/mol. The van der Waals surface area contributed by atoms with E-state index in [2.05, 4.69) is 0 Å². The second-order valence-electron chi connectivity index (χ2n) is 1.76. The van der Waals surface area contributed by atoms with Crippen LogP contribution >= 0.6 is 0 Å². The van der Waals surface area contributed by atoms with Crippen LogP contribution in [0.25, 0.3) is 0 Å². The Morgan fingerprint density at radius 2 is 2.00 bits per heavy atom. The first kappa shape index (κ1) is 9.84. The third kappa shape index (κ3) is 4.69. The van der Waals surface area contributed by atoms with Crippen molar-refractivity contribution in [1.82, 2.24) is 0 Å². The molecule has 62 valence electrons. The van der Waals surface area contributed by atoms with Crippen molar-refractivity contribution in [2.45, 2.75) is 6.29 Å². The molecular formula is C6H15NO3. The number of hydrogen-bond acceptors (Lipinski definition) is 4. The van der Waals surface area contributed by atoms with Gasteiger partial charge in [-0.05, 0) is 0 Å². The van der Waals surface area contributed by atoms with Gasteiger partial charge >= 0.3 is 0 Å². The number of methoxy groups -OCH3 is 2. The highest BCUT2D eigenvalue weighted by Crippen LogP contribution is 1.88. The summed E-state index contributed by atoms with van der Waals surface area (Å²) >= 11 is 0. The lowest BCUT2D eigenvalue weighted by atomic mass is 10.6. The van der Waals surface area contributed by atoms with Crippen LogP contribution in [-0.4, -0.2) is 40.3 Å². The van der Waals surface area contributed by atoms with Crippen LogP contribution in [0.5, 0.6) is 0 Å². The molecule has 0 aliphatic heterocycles. The van der Waals surface area contributed by atoms with E-state index < -0.39 is 0 Å². The van der Waals surface area contributed by atoms with Gasteiger partial charge in [0, 0.05) is 20.8 Å². The number of hydrogen-bond donors (Lipinski definition) is 1. The maximum Gasteiger partial charge on any atom is 0.169 e. The van der Waals surface area contributed by atoms with Gasteiger partial charge in [0.2, 0.25) is 0 Å². The molecule has 10 heavy (non-hydrogen) atoms. The smallest absolute Gasteiger partial charge is 0.169 e. The molecule has 1 atom stereocenters. The molecule has 0 aromatic heterocycles. The standard InChI is InChI=1S/C6H15NO3/c1-8-3-4-10-6(5-7)9-2/h6H,3-5,7H2,1-2H3. The van der Waals surface area contributed by atoms with E-state index in [0.717, 1.165) is 0 Å². The van der Waals surface area contributed by atoms with Crippen LogP contribution in [0.3, 0.4) is 0 Å². The molecule has 1 unspecified atom stereocenters. The topological polar surface area (TPSA) is 53.7 Å². The van der Waals surface area contributed by atoms with Gasteiger partial charge in [0.25, 0.3) is 0 Å². The summed E-state index contributed by atoms with van der Waals surface area (Å²) in [5.41, 5.74) is 5.27. The lowest BCUT2D eigenvalue weighted by molar-refractivity contribution is -0.124. The molecule has 4 heteroatoms. The summed E-state index contributed by atoms with van der Waals surface area (Å²) in [6.07, 6.45) is -0.296. The van der Waals surface area contributed by atoms with Crippen molar-refractivity contribution in [3.05, 3.63) is 0 Å². The van der Waals surface area contributed by atoms with Crippen molar-refractivity contribution in [1.29, 1.82) is 0 Å². The van der Waals surface area contributed by atoms with E-state index in [4.69, 9.17) is 19.9 Å². The Morgan fingerprint density at radius 1 is 1.30 bits per heavy atom. The molecule has 0 saturated heterocycles. The van der Waals surface area contributed by atoms with E-state index in [9.17, 15) is 0 Å². The van der Waals surface area contributed by atoms with Crippen LogP contribution in [0.1, 0.15) is 0 Å². The lowest BCUT2D eigenvalue weighted by Gasteiger charge is -2.12. The average molecular weight is 149 g/mol. The van der Waals surface area contributed by atoms with Gasteiger partial charge in [0.15, 0.2) is 6.29 Å². The monoisotopic (exact) mass is 149 g/mol. The summed E-state index contributed by atoms with van der Waals surface area (Å²) in [7, 11) is 3.18. The van der Waals surface area contributed by atoms with Gasteiger partial charge in [-0.15, -0.1) is 0 Å². The van der Waals surface area contributed by atoms with Gasteiger partial charge in [-0.3, -0.25) is 0 Å². The Hall–Kier alpha value is -0.160. The molecule has 0 aliphatic rings. The van der Waals surface area contributed by atoms with E-state index in [0.29, 0.717) is 19.8 Å². The van der Waals surface area contributed by atoms with E-state index in [1.165, 1.54) is 0 Å². The van der Waals surface area contributed by atoms with Crippen LogP contribution in [0, 0.1) is 0 Å². The fourth-order valence-electron chi connectivity index (χ4n) is 0.495. The fraction of sp³-hybridized carbons (Fsp3) is 1.00. The molecule has 0 aromatic carbocycles. The molecule has 0 fully saturated rings. The van der Waals surface area contributed by atoms with Crippen LogP contribution in [0.4, 0.5) is 0 Å². The quantitative estimate of drug-likeness (QED) is 0.411. The highest BCUT2D eigenvalue weighted by atomic mass is 16.7. The zero-order valence-corrected chi connectivity index (χ0v) is 6.50. The van der Waals surface area contributed by atoms with Gasteiger partial charge in [-0.25, -0.2) is 0 Å². The van der Waals surface area contributed by atoms with Crippen molar-refractivity contribution in [2.24, 2.45) is 5.73 Å². The molecule has 0 amide bonds. The molecular weight excluding hydrogens is 134 g/mol. The lowest BCUT2D eigenvalue weighted by Crippen LogP contribution is -2.26. The molecule has 0 saturated carbocycles. The largest absolute Gasteiger partial charge is 0.382 e. The summed E-state index contributed by atoms with van der Waals surface area (Å²) in [6, 6.07) is 0. The Kier molecular flexibility index (Phi) is 6.84. The SMILES string of the molecule is COCCOC(CN)OC. The summed E-state index contributed by atoms with van der Waals surface area (Å²) in [4.78, 5) is 0. The summed E-state index contributed by atoms with van der Waals surface area (Å²) < 4.78 is 14.7. The van der Waals surface area contributed by atoms with Crippen molar-refractivity contribution in [3.8, 4) is 0 Å². The van der Waals surface area contributed by atoms with E-state index >= 15 is 0 Å². The van der Waals surface area contributed by atoms with Crippen LogP contribution in [0.2, 0.25) is 0 Å². The maximum absolute atomic E-state index is 5.27. The Bertz CT molecular complexity index is 66.0. The third-order valence-corrected chi connectivity index (χ3v) is 1.05. The minimum atomic E-state index is -0.296. The summed E-state index contributed by atoms with van der Waals surface area (Å²) in [6.45, 7) is 1.46. The van der Waals surface area contributed by atoms with E-state index in [1.807, 2.05) is 0 Å². The van der Waals surface area contributed by atoms with Gasteiger partial charge in [-0.2, -0.15) is 0 Å². The van der Waals surface area contributed by atoms with Crippen LogP contribution < -0.4 is 5.73 Å². The molecule has 0 bridgehead atoms. The molecule has 2 N–H and O–H groups in total. The first-order chi connectivity index (χ1) is 4.85. The Labute approximate surface area is 61.2 Å². The van der Waals surface area contributed by atoms with E-state index in [1.54, 1.807) is 14.2 Å². The second kappa shape index (κ2) is 6.95. The second-order valence-corrected chi connectivity index (χ2v) is 1.76. The highest BCUT2D eigenvalue weighted by molar-refractivity contribution is 4.41. The Morgan fingerprint density at radius 3 is 2.40 bits per heavy atom. The van der Waals surface area contributed by atoms with Gasteiger partial charge < -0.3 is 19.9 Å². The number of nitrogens with two attached hydrogens (primary N) is 1. The third-order valence-electron chi connectivity index (χ3n) is 1.05. The molecule has 4 nitrogen and oxygen atoms in total. The van der Waals surface area contributed by atoms with Crippen molar-refractivity contribution >= 4 is 0 Å². The minimum absolute atomic E-state index is 0.296. The molecule has 0 heterocycles. The Balaban J connectivity index is 3.09. The van der Waals surface area contributed by atoms with Crippen LogP contribution in [0.15, 0.2) is 0 Å². The molecule has 0 spiro atoms. The van der Waals surface area contributed by atoms with Crippen molar-refractivity contribution in [3.63, 3.8) is 0 Å². The number of rotatable bonds is 6. The van der Waals surface area contributed by atoms with Gasteiger partial charge in [0.05, 0.1) is 13.2 Å².